The molecule has 1 rings (SSSR count). The molecule has 0 saturated carbocycles. The van der Waals surface area contributed by atoms with E-state index in [0.29, 0.717) is 25.8 Å². The predicted molar refractivity (Wildman–Crippen MR) is 51.2 cm³/mol. The van der Waals surface area contributed by atoms with E-state index in [-0.39, 0.29) is 12.6 Å². The van der Waals surface area contributed by atoms with E-state index in [0.717, 1.165) is 0 Å². The lowest BCUT2D eigenvalue weighted by molar-refractivity contribution is -0.162. The molecule has 1 aliphatic heterocycles. The van der Waals surface area contributed by atoms with Crippen LogP contribution in [0, 0.1) is 0 Å². The topological polar surface area (TPSA) is 58.6 Å². The van der Waals surface area contributed by atoms with Gasteiger partial charge in [0.1, 0.15) is 0 Å². The molecule has 0 radical (unpaired) electrons. The summed E-state index contributed by atoms with van der Waals surface area (Å²) >= 11 is 0. The second-order valence-corrected chi connectivity index (χ2v) is 3.69. The Hall–Kier alpha value is -1.47. The number of rotatable bonds is 4. The van der Waals surface area contributed by atoms with Crippen LogP contribution in [0.2, 0.25) is 0 Å². The van der Waals surface area contributed by atoms with Crippen LogP contribution in [0.15, 0.2) is 0 Å². The van der Waals surface area contributed by atoms with Gasteiger partial charge in [-0.05, 0) is 12.8 Å². The fraction of sp³-hybridized carbons (Fsp3) is 0.778. The molecule has 1 N–H and O–H groups in total. The van der Waals surface area contributed by atoms with Crippen LogP contribution in [-0.4, -0.2) is 49.3 Å². The molecular formula is C9H13F3N2O3. The zero-order chi connectivity index (χ0) is 12.9. The van der Waals surface area contributed by atoms with E-state index in [1.165, 1.54) is 4.90 Å². The minimum atomic E-state index is -4.52. The zero-order valence-electron chi connectivity index (χ0n) is 9.00. The minimum absolute atomic E-state index is 0.227. The first-order valence-corrected chi connectivity index (χ1v) is 5.11. The normalized spacial score (nSPS) is 20.2. The number of hydrogen-bond acceptors (Lipinski definition) is 3. The molecule has 0 aromatic heterocycles. The van der Waals surface area contributed by atoms with Crippen molar-refractivity contribution in [1.82, 2.24) is 10.2 Å². The molecule has 0 aliphatic carbocycles. The van der Waals surface area contributed by atoms with Crippen LogP contribution >= 0.6 is 0 Å². The van der Waals surface area contributed by atoms with Crippen LogP contribution in [0.5, 0.6) is 0 Å². The fourth-order valence-corrected chi connectivity index (χ4v) is 1.70. The van der Waals surface area contributed by atoms with Gasteiger partial charge in [-0.1, -0.05) is 0 Å². The highest BCUT2D eigenvalue weighted by molar-refractivity contribution is 5.68. The Morgan fingerprint density at radius 3 is 2.82 bits per heavy atom. The maximum Gasteiger partial charge on any atom is 0.422 e. The number of halogens is 3. The van der Waals surface area contributed by atoms with Crippen LogP contribution in [0.1, 0.15) is 12.8 Å². The Morgan fingerprint density at radius 1 is 1.53 bits per heavy atom. The molecule has 0 aromatic carbocycles. The Balaban J connectivity index is 2.41. The molecule has 1 aliphatic rings. The SMILES string of the molecule is O=CNCC1CCCN1C(=O)OCC(F)(F)F. The predicted octanol–water partition coefficient (Wildman–Crippen LogP) is 0.896. The smallest absolute Gasteiger partial charge is 0.422 e. The Morgan fingerprint density at radius 2 is 2.24 bits per heavy atom. The number of carbonyl (C=O) groups excluding carboxylic acids is 2. The number of carbonyl (C=O) groups is 2. The lowest BCUT2D eigenvalue weighted by Crippen LogP contribution is -2.42. The maximum atomic E-state index is 11.8. The van der Waals surface area contributed by atoms with Crippen LogP contribution < -0.4 is 5.32 Å². The molecule has 98 valence electrons. The first kappa shape index (κ1) is 13.6. The number of alkyl halides is 3. The summed E-state index contributed by atoms with van der Waals surface area (Å²) in [6.07, 6.45) is -3.70. The van der Waals surface area contributed by atoms with E-state index < -0.39 is 18.9 Å². The summed E-state index contributed by atoms with van der Waals surface area (Å²) in [5.41, 5.74) is 0. The van der Waals surface area contributed by atoms with Gasteiger partial charge in [0.15, 0.2) is 6.61 Å². The third-order valence-electron chi connectivity index (χ3n) is 2.41. The summed E-state index contributed by atoms with van der Waals surface area (Å²) in [4.78, 5) is 22.7. The highest BCUT2D eigenvalue weighted by Gasteiger charge is 2.34. The van der Waals surface area contributed by atoms with Crippen molar-refractivity contribution >= 4 is 12.5 Å². The standard InChI is InChI=1S/C9H13F3N2O3/c10-9(11,12)5-17-8(16)14-3-1-2-7(14)4-13-6-15/h6-7H,1-5H2,(H,13,15). The lowest BCUT2D eigenvalue weighted by atomic mass is 10.2. The quantitative estimate of drug-likeness (QED) is 0.758. The van der Waals surface area contributed by atoms with E-state index in [9.17, 15) is 22.8 Å². The van der Waals surface area contributed by atoms with Gasteiger partial charge in [0, 0.05) is 13.1 Å². The molecule has 1 atom stereocenters. The van der Waals surface area contributed by atoms with Crippen molar-refractivity contribution in [3.8, 4) is 0 Å². The summed E-state index contributed by atoms with van der Waals surface area (Å²) in [7, 11) is 0. The minimum Gasteiger partial charge on any atom is -0.440 e. The molecule has 1 fully saturated rings. The monoisotopic (exact) mass is 254 g/mol. The number of likely N-dealkylation sites (tertiary alicyclic amines) is 1. The Kier molecular flexibility index (Phi) is 4.59. The zero-order valence-corrected chi connectivity index (χ0v) is 9.00. The lowest BCUT2D eigenvalue weighted by Gasteiger charge is -2.23. The number of ether oxygens (including phenoxy) is 1. The molecule has 1 saturated heterocycles. The van der Waals surface area contributed by atoms with E-state index >= 15 is 0 Å². The number of nitrogens with one attached hydrogen (secondary N) is 1. The van der Waals surface area contributed by atoms with E-state index in [1.54, 1.807) is 0 Å². The summed E-state index contributed by atoms with van der Waals surface area (Å²) in [6, 6.07) is -0.291. The summed E-state index contributed by atoms with van der Waals surface area (Å²) < 4.78 is 39.7. The highest BCUT2D eigenvalue weighted by Crippen LogP contribution is 2.20. The molecular weight excluding hydrogens is 241 g/mol. The molecule has 5 nitrogen and oxygen atoms in total. The summed E-state index contributed by atoms with van der Waals surface area (Å²) in [5.74, 6) is 0. The van der Waals surface area contributed by atoms with Crippen molar-refractivity contribution < 1.29 is 27.5 Å². The molecule has 0 bridgehead atoms. The second-order valence-electron chi connectivity index (χ2n) is 3.69. The van der Waals surface area contributed by atoms with E-state index in [1.807, 2.05) is 0 Å². The average Bonchev–Trinajstić information content (AvgIpc) is 2.70. The van der Waals surface area contributed by atoms with Crippen LogP contribution in [-0.2, 0) is 9.53 Å². The molecule has 8 heteroatoms. The first-order chi connectivity index (χ1) is 7.94. The highest BCUT2D eigenvalue weighted by atomic mass is 19.4. The summed E-state index contributed by atoms with van der Waals surface area (Å²) in [5, 5.41) is 2.40. The first-order valence-electron chi connectivity index (χ1n) is 5.11. The molecule has 17 heavy (non-hydrogen) atoms. The van der Waals surface area contributed by atoms with Gasteiger partial charge in [-0.25, -0.2) is 4.79 Å². The number of amides is 2. The van der Waals surface area contributed by atoms with Crippen LogP contribution in [0.4, 0.5) is 18.0 Å². The van der Waals surface area contributed by atoms with Gasteiger partial charge in [0.05, 0.1) is 6.04 Å². The van der Waals surface area contributed by atoms with Crippen LogP contribution in [0.3, 0.4) is 0 Å². The van der Waals surface area contributed by atoms with Crippen molar-refractivity contribution in [3.63, 3.8) is 0 Å². The van der Waals surface area contributed by atoms with Gasteiger partial charge in [0.2, 0.25) is 6.41 Å². The van der Waals surface area contributed by atoms with Gasteiger partial charge in [-0.15, -0.1) is 0 Å². The number of nitrogens with zero attached hydrogens (tertiary/aromatic N) is 1. The van der Waals surface area contributed by atoms with Crippen molar-refractivity contribution in [1.29, 1.82) is 0 Å². The van der Waals surface area contributed by atoms with Crippen molar-refractivity contribution in [2.75, 3.05) is 19.7 Å². The average molecular weight is 254 g/mol. The summed E-state index contributed by atoms with van der Waals surface area (Å²) in [6.45, 7) is -1.01. The van der Waals surface area contributed by atoms with Gasteiger partial charge in [-0.2, -0.15) is 13.2 Å². The van der Waals surface area contributed by atoms with E-state index in [4.69, 9.17) is 0 Å². The Bertz CT molecular complexity index is 283. The fourth-order valence-electron chi connectivity index (χ4n) is 1.70. The van der Waals surface area contributed by atoms with E-state index in [2.05, 4.69) is 10.1 Å². The molecule has 0 spiro atoms. The number of hydrogen-bond donors (Lipinski definition) is 1. The van der Waals surface area contributed by atoms with Gasteiger partial charge in [0.25, 0.3) is 0 Å². The molecule has 0 aromatic rings. The third kappa shape index (κ3) is 4.49. The van der Waals surface area contributed by atoms with Crippen LogP contribution in [0.25, 0.3) is 0 Å². The van der Waals surface area contributed by atoms with Crippen molar-refractivity contribution in [2.24, 2.45) is 0 Å². The molecule has 2 amide bonds. The maximum absolute atomic E-state index is 11.8. The second kappa shape index (κ2) is 5.74. The third-order valence-corrected chi connectivity index (χ3v) is 2.41. The Labute approximate surface area is 95.9 Å². The van der Waals surface area contributed by atoms with Crippen molar-refractivity contribution in [2.45, 2.75) is 25.1 Å². The van der Waals surface area contributed by atoms with Gasteiger partial charge < -0.3 is 15.0 Å². The molecule has 1 unspecified atom stereocenters. The largest absolute Gasteiger partial charge is 0.440 e. The van der Waals surface area contributed by atoms with Gasteiger partial charge in [-0.3, -0.25) is 4.79 Å². The molecule has 1 heterocycles. The van der Waals surface area contributed by atoms with Gasteiger partial charge >= 0.3 is 12.3 Å². The van der Waals surface area contributed by atoms with Crippen molar-refractivity contribution in [3.05, 3.63) is 0 Å².